The van der Waals surface area contributed by atoms with Gasteiger partial charge in [0.15, 0.2) is 0 Å². The fourth-order valence-corrected chi connectivity index (χ4v) is 1.84. The molecule has 1 aromatic heterocycles. The maximum absolute atomic E-state index is 11.6. The molecule has 7 heteroatoms. The molecule has 0 fully saturated rings. The lowest BCUT2D eigenvalue weighted by molar-refractivity contribution is 0.510. The van der Waals surface area contributed by atoms with E-state index in [1.165, 1.54) is 20.3 Å². The molecule has 0 aliphatic rings. The van der Waals surface area contributed by atoms with Crippen LogP contribution in [0.2, 0.25) is 0 Å². The number of hydrogen-bond acceptors (Lipinski definition) is 4. The Labute approximate surface area is 82.6 Å². The molecule has 0 saturated carbocycles. The summed E-state index contributed by atoms with van der Waals surface area (Å²) in [5.41, 5.74) is 0.493. The molecule has 0 saturated heterocycles. The summed E-state index contributed by atoms with van der Waals surface area (Å²) in [4.78, 5) is 3.77. The van der Waals surface area contributed by atoms with Crippen LogP contribution in [0.1, 0.15) is 11.5 Å². The summed E-state index contributed by atoms with van der Waals surface area (Å²) < 4.78 is 25.1. The fraction of sp³-hybridized carbons (Fsp3) is 0.429. The Kier molecular flexibility index (Phi) is 2.59. The molecule has 0 atom stereocenters. The van der Waals surface area contributed by atoms with Crippen molar-refractivity contribution < 1.29 is 8.42 Å². The lowest BCUT2D eigenvalue weighted by atomic mass is 10.6. The zero-order chi connectivity index (χ0) is 10.9. The first-order chi connectivity index (χ1) is 6.39. The van der Waals surface area contributed by atoms with Gasteiger partial charge in [0.2, 0.25) is 5.82 Å². The first kappa shape index (κ1) is 10.7. The van der Waals surface area contributed by atoms with Crippen molar-refractivity contribution in [2.45, 2.75) is 6.92 Å². The average molecular weight is 214 g/mol. The Bertz CT molecular complexity index is 480. The lowest BCUT2D eigenvalue weighted by Gasteiger charge is -2.11. The third-order valence-corrected chi connectivity index (χ3v) is 3.30. The van der Waals surface area contributed by atoms with Gasteiger partial charge >= 0.3 is 10.2 Å². The van der Waals surface area contributed by atoms with E-state index in [-0.39, 0.29) is 5.82 Å². The Morgan fingerprint density at radius 3 is 2.57 bits per heavy atom. The van der Waals surface area contributed by atoms with E-state index in [1.807, 2.05) is 0 Å². The molecule has 0 unspecified atom stereocenters. The molecule has 76 valence electrons. The molecule has 0 amide bonds. The second-order valence-corrected chi connectivity index (χ2v) is 4.92. The van der Waals surface area contributed by atoms with Gasteiger partial charge in [-0.15, -0.1) is 0 Å². The van der Waals surface area contributed by atoms with E-state index in [0.29, 0.717) is 5.69 Å². The average Bonchev–Trinajstić information content (AvgIpc) is 2.46. The highest BCUT2D eigenvalue weighted by atomic mass is 32.2. The van der Waals surface area contributed by atoms with Crippen LogP contribution in [0, 0.1) is 18.3 Å². The molecule has 0 aliphatic carbocycles. The Balaban J connectivity index is 3.41. The summed E-state index contributed by atoms with van der Waals surface area (Å²) in [6.07, 6.45) is 1.31. The minimum absolute atomic E-state index is 0.129. The molecular formula is C7H10N4O2S. The largest absolute Gasteiger partial charge is 0.309 e. The van der Waals surface area contributed by atoms with Crippen molar-refractivity contribution in [1.29, 1.82) is 5.26 Å². The van der Waals surface area contributed by atoms with Crippen molar-refractivity contribution in [1.82, 2.24) is 13.3 Å². The van der Waals surface area contributed by atoms with Gasteiger partial charge in [-0.1, -0.05) is 0 Å². The molecule has 0 N–H and O–H groups in total. The van der Waals surface area contributed by atoms with E-state index in [9.17, 15) is 8.42 Å². The molecule has 0 bridgehead atoms. The fourth-order valence-electron chi connectivity index (χ4n) is 0.902. The molecule has 1 aromatic rings. The third kappa shape index (κ3) is 1.62. The lowest BCUT2D eigenvalue weighted by Crippen LogP contribution is -2.29. The second-order valence-electron chi connectivity index (χ2n) is 2.90. The van der Waals surface area contributed by atoms with Gasteiger partial charge in [0, 0.05) is 20.3 Å². The summed E-state index contributed by atoms with van der Waals surface area (Å²) in [7, 11) is -0.844. The van der Waals surface area contributed by atoms with Gasteiger partial charge in [0.05, 0.1) is 5.69 Å². The second kappa shape index (κ2) is 3.40. The Hall–Kier alpha value is -1.39. The van der Waals surface area contributed by atoms with Crippen LogP contribution in [-0.4, -0.2) is 35.8 Å². The number of hydrogen-bond donors (Lipinski definition) is 0. The van der Waals surface area contributed by atoms with Crippen LogP contribution in [0.4, 0.5) is 0 Å². The number of rotatable bonds is 2. The zero-order valence-corrected chi connectivity index (χ0v) is 8.91. The summed E-state index contributed by atoms with van der Waals surface area (Å²) in [6, 6.07) is 1.72. The Morgan fingerprint density at radius 2 is 2.14 bits per heavy atom. The summed E-state index contributed by atoms with van der Waals surface area (Å²) in [5.74, 6) is -0.129. The minimum atomic E-state index is -3.63. The van der Waals surface area contributed by atoms with Gasteiger partial charge < -0.3 is 0 Å². The van der Waals surface area contributed by atoms with E-state index >= 15 is 0 Å². The molecule has 0 spiro atoms. The van der Waals surface area contributed by atoms with Crippen LogP contribution >= 0.6 is 0 Å². The van der Waals surface area contributed by atoms with E-state index in [1.54, 1.807) is 13.0 Å². The topological polar surface area (TPSA) is 79.0 Å². The Morgan fingerprint density at radius 1 is 1.57 bits per heavy atom. The van der Waals surface area contributed by atoms with Gasteiger partial charge in [-0.2, -0.15) is 18.0 Å². The van der Waals surface area contributed by atoms with Crippen LogP contribution in [-0.2, 0) is 10.2 Å². The number of imidazole rings is 1. The standard InChI is InChI=1S/C7H10N4O2S/c1-6-5-11(7(4-8)9-6)14(12,13)10(2)3/h5H,1-3H3. The number of aromatic nitrogens is 2. The van der Waals surface area contributed by atoms with Gasteiger partial charge in [-0.05, 0) is 6.92 Å². The third-order valence-electron chi connectivity index (χ3n) is 1.61. The zero-order valence-electron chi connectivity index (χ0n) is 8.09. The molecule has 14 heavy (non-hydrogen) atoms. The molecule has 1 heterocycles. The van der Waals surface area contributed by atoms with Gasteiger partial charge in [-0.25, -0.2) is 8.96 Å². The van der Waals surface area contributed by atoms with Gasteiger partial charge in [0.1, 0.15) is 6.07 Å². The van der Waals surface area contributed by atoms with Crippen LogP contribution in [0.25, 0.3) is 0 Å². The van der Waals surface area contributed by atoms with Crippen molar-refractivity contribution in [3.8, 4) is 6.07 Å². The van der Waals surface area contributed by atoms with Crippen LogP contribution in [0.3, 0.4) is 0 Å². The van der Waals surface area contributed by atoms with Gasteiger partial charge in [0.25, 0.3) is 0 Å². The number of aryl methyl sites for hydroxylation is 1. The van der Waals surface area contributed by atoms with E-state index in [4.69, 9.17) is 5.26 Å². The SMILES string of the molecule is Cc1cn(S(=O)(=O)N(C)C)c(C#N)n1. The number of nitrogens with zero attached hydrogens (tertiary/aromatic N) is 4. The van der Waals surface area contributed by atoms with Crippen LogP contribution in [0.5, 0.6) is 0 Å². The van der Waals surface area contributed by atoms with Crippen molar-refractivity contribution in [3.63, 3.8) is 0 Å². The molecule has 0 aromatic carbocycles. The first-order valence-electron chi connectivity index (χ1n) is 3.78. The van der Waals surface area contributed by atoms with Crippen molar-refractivity contribution in [3.05, 3.63) is 17.7 Å². The first-order valence-corrected chi connectivity index (χ1v) is 5.18. The van der Waals surface area contributed by atoms with Crippen molar-refractivity contribution >= 4 is 10.2 Å². The van der Waals surface area contributed by atoms with E-state index in [2.05, 4.69) is 4.98 Å². The molecule has 0 radical (unpaired) electrons. The molecular weight excluding hydrogens is 204 g/mol. The number of nitriles is 1. The van der Waals surface area contributed by atoms with Crippen molar-refractivity contribution in [2.24, 2.45) is 0 Å². The minimum Gasteiger partial charge on any atom is -0.223 e. The molecule has 6 nitrogen and oxygen atoms in total. The van der Waals surface area contributed by atoms with E-state index < -0.39 is 10.2 Å². The maximum atomic E-state index is 11.6. The predicted molar refractivity (Wildman–Crippen MR) is 49.7 cm³/mol. The quantitative estimate of drug-likeness (QED) is 0.678. The molecule has 0 aliphatic heterocycles. The summed E-state index contributed by atoms with van der Waals surface area (Å²) in [6.45, 7) is 1.63. The van der Waals surface area contributed by atoms with Crippen molar-refractivity contribution in [2.75, 3.05) is 14.1 Å². The smallest absolute Gasteiger partial charge is 0.223 e. The maximum Gasteiger partial charge on any atom is 0.309 e. The highest BCUT2D eigenvalue weighted by molar-refractivity contribution is 7.87. The van der Waals surface area contributed by atoms with E-state index in [0.717, 1.165) is 8.28 Å². The monoisotopic (exact) mass is 214 g/mol. The highest BCUT2D eigenvalue weighted by Crippen LogP contribution is 2.07. The van der Waals surface area contributed by atoms with Gasteiger partial charge in [-0.3, -0.25) is 0 Å². The predicted octanol–water partition coefficient (Wildman–Crippen LogP) is -0.282. The normalized spacial score (nSPS) is 11.6. The van der Waals surface area contributed by atoms with Crippen LogP contribution < -0.4 is 0 Å². The van der Waals surface area contributed by atoms with Crippen LogP contribution in [0.15, 0.2) is 6.20 Å². The summed E-state index contributed by atoms with van der Waals surface area (Å²) in [5, 5.41) is 8.66. The highest BCUT2D eigenvalue weighted by Gasteiger charge is 2.20. The molecule has 1 rings (SSSR count). The summed E-state index contributed by atoms with van der Waals surface area (Å²) >= 11 is 0.